The third-order valence-corrected chi connectivity index (χ3v) is 2.78. The van der Waals surface area contributed by atoms with Crippen LogP contribution in [0.1, 0.15) is 6.92 Å². The number of hydrogen-bond acceptors (Lipinski definition) is 4. The lowest BCUT2D eigenvalue weighted by molar-refractivity contribution is -0.144. The Bertz CT molecular complexity index is 640. The Morgan fingerprint density at radius 3 is 2.60 bits per heavy atom. The van der Waals surface area contributed by atoms with Crippen molar-refractivity contribution in [1.29, 1.82) is 0 Å². The number of methoxy groups -OCH3 is 1. The second kappa shape index (κ2) is 6.10. The van der Waals surface area contributed by atoms with Gasteiger partial charge in [0.2, 0.25) is 0 Å². The Labute approximate surface area is 115 Å². The smallest absolute Gasteiger partial charge is 0.327 e. The number of aromatic amines is 1. The van der Waals surface area contributed by atoms with Crippen LogP contribution < -0.4 is 10.3 Å². The lowest BCUT2D eigenvalue weighted by Gasteiger charge is -2.03. The predicted molar refractivity (Wildman–Crippen MR) is 73.7 cm³/mol. The van der Waals surface area contributed by atoms with Gasteiger partial charge < -0.3 is 9.47 Å². The summed E-state index contributed by atoms with van der Waals surface area (Å²) in [6.07, 6.45) is 0. The standard InChI is InChI=1S/C14H16N2O4/c1-3-20-14(18)9-16-13(17)8-12(15-16)10-4-6-11(19-2)7-5-10/h4-8,15H,3,9H2,1-2H3. The first-order chi connectivity index (χ1) is 9.63. The van der Waals surface area contributed by atoms with Crippen molar-refractivity contribution >= 4 is 5.97 Å². The zero-order valence-corrected chi connectivity index (χ0v) is 11.4. The minimum atomic E-state index is -0.447. The fraction of sp³-hybridized carbons (Fsp3) is 0.286. The minimum absolute atomic E-state index is 0.122. The van der Waals surface area contributed by atoms with Crippen molar-refractivity contribution in [3.63, 3.8) is 0 Å². The summed E-state index contributed by atoms with van der Waals surface area (Å²) in [5.41, 5.74) is 1.20. The summed E-state index contributed by atoms with van der Waals surface area (Å²) < 4.78 is 11.1. The number of H-pyrrole nitrogens is 1. The molecule has 0 aliphatic heterocycles. The molecule has 2 aromatic rings. The largest absolute Gasteiger partial charge is 0.497 e. The summed E-state index contributed by atoms with van der Waals surface area (Å²) >= 11 is 0. The van der Waals surface area contributed by atoms with Crippen LogP contribution in [0, 0.1) is 0 Å². The van der Waals surface area contributed by atoms with E-state index in [1.807, 2.05) is 12.1 Å². The van der Waals surface area contributed by atoms with Crippen LogP contribution in [0.4, 0.5) is 0 Å². The van der Waals surface area contributed by atoms with Crippen LogP contribution in [0.5, 0.6) is 5.75 Å². The number of aromatic nitrogens is 2. The molecular formula is C14H16N2O4. The lowest BCUT2D eigenvalue weighted by Crippen LogP contribution is -2.22. The van der Waals surface area contributed by atoms with Gasteiger partial charge in [-0.15, -0.1) is 0 Å². The quantitative estimate of drug-likeness (QED) is 0.838. The van der Waals surface area contributed by atoms with Gasteiger partial charge in [0.1, 0.15) is 12.3 Å². The minimum Gasteiger partial charge on any atom is -0.497 e. The zero-order valence-electron chi connectivity index (χ0n) is 11.4. The number of carbonyl (C=O) groups is 1. The van der Waals surface area contributed by atoms with E-state index < -0.39 is 5.97 Å². The molecule has 0 aliphatic carbocycles. The van der Waals surface area contributed by atoms with Crippen LogP contribution in [0.3, 0.4) is 0 Å². The lowest BCUT2D eigenvalue weighted by atomic mass is 10.1. The summed E-state index contributed by atoms with van der Waals surface area (Å²) in [4.78, 5) is 23.2. The number of hydrogen-bond donors (Lipinski definition) is 1. The highest BCUT2D eigenvalue weighted by molar-refractivity contribution is 5.69. The molecule has 1 aromatic heterocycles. The van der Waals surface area contributed by atoms with Gasteiger partial charge in [0.25, 0.3) is 5.56 Å². The van der Waals surface area contributed by atoms with Gasteiger partial charge in [0.15, 0.2) is 0 Å². The first kappa shape index (κ1) is 13.9. The van der Waals surface area contributed by atoms with Crippen molar-refractivity contribution in [1.82, 2.24) is 9.78 Å². The van der Waals surface area contributed by atoms with Crippen LogP contribution in [0.15, 0.2) is 35.1 Å². The Balaban J connectivity index is 2.21. The highest BCUT2D eigenvalue weighted by Crippen LogP contribution is 2.19. The Hall–Kier alpha value is -2.50. The molecule has 0 spiro atoms. The number of rotatable bonds is 5. The molecule has 0 atom stereocenters. The van der Waals surface area contributed by atoms with Crippen molar-refractivity contribution in [3.05, 3.63) is 40.7 Å². The first-order valence-electron chi connectivity index (χ1n) is 6.24. The van der Waals surface area contributed by atoms with Crippen LogP contribution >= 0.6 is 0 Å². The second-order valence-corrected chi connectivity index (χ2v) is 4.13. The summed E-state index contributed by atoms with van der Waals surface area (Å²) in [5, 5.41) is 2.89. The summed E-state index contributed by atoms with van der Waals surface area (Å²) in [6.45, 7) is 1.89. The molecule has 1 N–H and O–H groups in total. The van der Waals surface area contributed by atoms with Gasteiger partial charge in [-0.1, -0.05) is 0 Å². The summed E-state index contributed by atoms with van der Waals surface area (Å²) in [5.74, 6) is 0.291. The van der Waals surface area contributed by atoms with E-state index in [0.29, 0.717) is 12.3 Å². The number of carbonyl (C=O) groups excluding carboxylic acids is 1. The van der Waals surface area contributed by atoms with Gasteiger partial charge in [-0.2, -0.15) is 0 Å². The van der Waals surface area contributed by atoms with Gasteiger partial charge in [-0.3, -0.25) is 14.7 Å². The first-order valence-corrected chi connectivity index (χ1v) is 6.24. The molecule has 0 bridgehead atoms. The predicted octanol–water partition coefficient (Wildman–Crippen LogP) is 1.42. The molecule has 0 aliphatic rings. The molecule has 106 valence electrons. The monoisotopic (exact) mass is 276 g/mol. The molecule has 6 nitrogen and oxygen atoms in total. The van der Waals surface area contributed by atoms with Crippen molar-refractivity contribution in [2.45, 2.75) is 13.5 Å². The van der Waals surface area contributed by atoms with E-state index in [9.17, 15) is 9.59 Å². The molecule has 0 amide bonds. The van der Waals surface area contributed by atoms with E-state index in [1.54, 1.807) is 26.2 Å². The van der Waals surface area contributed by atoms with Crippen molar-refractivity contribution in [2.75, 3.05) is 13.7 Å². The fourth-order valence-electron chi connectivity index (χ4n) is 1.81. The van der Waals surface area contributed by atoms with E-state index in [1.165, 1.54) is 10.7 Å². The summed E-state index contributed by atoms with van der Waals surface area (Å²) in [7, 11) is 1.59. The van der Waals surface area contributed by atoms with Crippen molar-refractivity contribution in [3.8, 4) is 17.0 Å². The molecule has 2 rings (SSSR count). The Kier molecular flexibility index (Phi) is 4.24. The Morgan fingerprint density at radius 2 is 2.00 bits per heavy atom. The molecule has 0 radical (unpaired) electrons. The zero-order chi connectivity index (χ0) is 14.5. The van der Waals surface area contributed by atoms with E-state index in [0.717, 1.165) is 11.3 Å². The fourth-order valence-corrected chi connectivity index (χ4v) is 1.81. The molecule has 0 unspecified atom stereocenters. The number of nitrogens with zero attached hydrogens (tertiary/aromatic N) is 1. The molecule has 1 heterocycles. The third-order valence-electron chi connectivity index (χ3n) is 2.78. The van der Waals surface area contributed by atoms with E-state index in [4.69, 9.17) is 9.47 Å². The molecule has 0 fully saturated rings. The SMILES string of the molecule is CCOC(=O)Cn1[nH]c(-c2ccc(OC)cc2)cc1=O. The average Bonchev–Trinajstić information content (AvgIpc) is 2.80. The normalized spacial score (nSPS) is 10.3. The van der Waals surface area contributed by atoms with Gasteiger partial charge >= 0.3 is 5.97 Å². The van der Waals surface area contributed by atoms with Gasteiger partial charge in [-0.05, 0) is 36.8 Å². The summed E-state index contributed by atoms with van der Waals surface area (Å²) in [6, 6.07) is 8.71. The van der Waals surface area contributed by atoms with Crippen LogP contribution in [0.25, 0.3) is 11.3 Å². The average molecular weight is 276 g/mol. The molecule has 0 saturated carbocycles. The van der Waals surface area contributed by atoms with E-state index >= 15 is 0 Å². The number of benzene rings is 1. The topological polar surface area (TPSA) is 73.3 Å². The molecular weight excluding hydrogens is 260 g/mol. The number of ether oxygens (including phenoxy) is 2. The van der Waals surface area contributed by atoms with Crippen LogP contribution in [0.2, 0.25) is 0 Å². The van der Waals surface area contributed by atoms with Gasteiger partial charge in [0, 0.05) is 6.07 Å². The number of nitrogens with one attached hydrogen (secondary N) is 1. The van der Waals surface area contributed by atoms with Gasteiger partial charge in [-0.25, -0.2) is 4.68 Å². The molecule has 1 aromatic carbocycles. The van der Waals surface area contributed by atoms with E-state index in [-0.39, 0.29) is 12.1 Å². The maximum absolute atomic E-state index is 11.8. The van der Waals surface area contributed by atoms with Crippen molar-refractivity contribution < 1.29 is 14.3 Å². The van der Waals surface area contributed by atoms with Gasteiger partial charge in [0.05, 0.1) is 19.4 Å². The highest BCUT2D eigenvalue weighted by Gasteiger charge is 2.09. The van der Waals surface area contributed by atoms with Crippen LogP contribution in [-0.4, -0.2) is 29.5 Å². The third kappa shape index (κ3) is 3.09. The molecule has 20 heavy (non-hydrogen) atoms. The maximum Gasteiger partial charge on any atom is 0.327 e. The second-order valence-electron chi connectivity index (χ2n) is 4.13. The van der Waals surface area contributed by atoms with E-state index in [2.05, 4.69) is 5.10 Å². The highest BCUT2D eigenvalue weighted by atomic mass is 16.5. The van der Waals surface area contributed by atoms with Crippen molar-refractivity contribution in [2.24, 2.45) is 0 Å². The molecule has 0 saturated heterocycles. The van der Waals surface area contributed by atoms with Crippen LogP contribution in [-0.2, 0) is 16.1 Å². The Morgan fingerprint density at radius 1 is 1.30 bits per heavy atom. The maximum atomic E-state index is 11.8. The molecule has 6 heteroatoms. The number of esters is 1.